The van der Waals surface area contributed by atoms with Crippen LogP contribution in [0.5, 0.6) is 0 Å². The Bertz CT molecular complexity index is 1230. The second kappa shape index (κ2) is 15.6. The summed E-state index contributed by atoms with van der Waals surface area (Å²) >= 11 is 0. The Morgan fingerprint density at radius 2 is 1.48 bits per heavy atom. The zero-order valence-corrected chi connectivity index (χ0v) is 36.4. The maximum absolute atomic E-state index is 16.7. The van der Waals surface area contributed by atoms with Crippen molar-refractivity contribution in [3.63, 3.8) is 0 Å². The van der Waals surface area contributed by atoms with Gasteiger partial charge in [0.15, 0.2) is 16.6 Å². The molecule has 0 radical (unpaired) electrons. The maximum atomic E-state index is 16.7. The van der Waals surface area contributed by atoms with Crippen LogP contribution < -0.4 is 0 Å². The summed E-state index contributed by atoms with van der Waals surface area (Å²) in [6.07, 6.45) is 13.6. The minimum absolute atomic E-state index is 0.141. The Balaban J connectivity index is 1.84. The number of rotatable bonds is 11. The van der Waals surface area contributed by atoms with E-state index in [0.29, 0.717) is 5.92 Å². The average Bonchev–Trinajstić information content (AvgIpc) is 3.31. The third kappa shape index (κ3) is 10.2. The first-order valence-corrected chi connectivity index (χ1v) is 25.1. The van der Waals surface area contributed by atoms with E-state index in [9.17, 15) is 9.90 Å². The number of aliphatic hydroxyl groups is 1. The molecule has 0 heterocycles. The number of hydrogen-bond donors (Lipinski definition) is 1. The van der Waals surface area contributed by atoms with E-state index in [1.807, 2.05) is 0 Å². The normalized spacial score (nSPS) is 29.9. The molecule has 0 spiro atoms. The first-order chi connectivity index (χ1) is 22.6. The molecule has 6 nitrogen and oxygen atoms in total. The van der Waals surface area contributed by atoms with Crippen LogP contribution in [0.2, 0.25) is 36.3 Å². The van der Waals surface area contributed by atoms with Crippen LogP contribution in [0.1, 0.15) is 128 Å². The fourth-order valence-electron chi connectivity index (χ4n) is 8.07. The monoisotopic (exact) mass is 736 g/mol. The molecule has 3 aliphatic carbocycles. The Morgan fingerprint density at radius 1 is 0.940 bits per heavy atom. The molecule has 288 valence electrons. The van der Waals surface area contributed by atoms with Gasteiger partial charge < -0.3 is 23.4 Å². The fraction of sp³-hybridized carbons (Fsp3) is 0.829. The molecule has 3 saturated carbocycles. The van der Waals surface area contributed by atoms with Crippen LogP contribution in [0.15, 0.2) is 35.5 Å². The summed E-state index contributed by atoms with van der Waals surface area (Å²) in [6.45, 7) is 32.2. The molecule has 3 aliphatic rings. The van der Waals surface area contributed by atoms with E-state index in [1.165, 1.54) is 23.3 Å². The molecule has 3 rings (SSSR count). The molecule has 1 N–H and O–H groups in total. The average molecular weight is 737 g/mol. The van der Waals surface area contributed by atoms with Gasteiger partial charge in [-0.2, -0.15) is 0 Å². The lowest BCUT2D eigenvalue weighted by Gasteiger charge is -2.46. The number of fused-ring (bicyclic) bond motifs is 1. The first kappa shape index (κ1) is 43.1. The predicted molar refractivity (Wildman–Crippen MR) is 209 cm³/mol. The zero-order chi connectivity index (χ0) is 38.1. The summed E-state index contributed by atoms with van der Waals surface area (Å²) in [7, 11) is -3.92. The van der Waals surface area contributed by atoms with Crippen molar-refractivity contribution in [2.45, 2.75) is 193 Å². The fourth-order valence-corrected chi connectivity index (χ4v) is 10.8. The number of allylic oxidation sites excluding steroid dienone is 4. The highest BCUT2D eigenvalue weighted by Gasteiger charge is 2.55. The van der Waals surface area contributed by atoms with Crippen molar-refractivity contribution in [3.8, 4) is 0 Å². The van der Waals surface area contributed by atoms with E-state index in [2.05, 4.69) is 86.8 Å². The zero-order valence-electron chi connectivity index (χ0n) is 34.4. The second-order valence-corrected chi connectivity index (χ2v) is 29.1. The number of hydrogen-bond acceptors (Lipinski definition) is 6. The van der Waals surface area contributed by atoms with Gasteiger partial charge in [-0.1, -0.05) is 77.8 Å². The SMILES string of the molecule is CCOC(=O)OC(C)(C)C(O)C=C[C@](C)(F)[C@H]1CC[C@H]2C(=CC=C3C[C@@H](O[Si](C)(C)C(C)(C)C)C[C@H](O[Si](C)(C)C(C)(C)C)C3)CCC[C@@]21C. The van der Waals surface area contributed by atoms with Gasteiger partial charge in [-0.3, -0.25) is 0 Å². The number of halogens is 1. The number of carbonyl (C=O) groups excluding carboxylic acids is 1. The van der Waals surface area contributed by atoms with Crippen molar-refractivity contribution in [2.75, 3.05) is 6.61 Å². The summed E-state index contributed by atoms with van der Waals surface area (Å²) in [5.41, 5.74) is -0.230. The first-order valence-electron chi connectivity index (χ1n) is 19.3. The van der Waals surface area contributed by atoms with Crippen molar-refractivity contribution >= 4 is 22.8 Å². The van der Waals surface area contributed by atoms with E-state index >= 15 is 4.39 Å². The molecule has 0 amide bonds. The molecule has 3 fully saturated rings. The van der Waals surface area contributed by atoms with Gasteiger partial charge in [-0.25, -0.2) is 9.18 Å². The van der Waals surface area contributed by atoms with Gasteiger partial charge in [0.25, 0.3) is 0 Å². The molecule has 0 aromatic carbocycles. The van der Waals surface area contributed by atoms with E-state index in [0.717, 1.165) is 51.4 Å². The smallest absolute Gasteiger partial charge is 0.435 e. The summed E-state index contributed by atoms with van der Waals surface area (Å²) in [5.74, 6) is 0.130. The van der Waals surface area contributed by atoms with Gasteiger partial charge in [0.1, 0.15) is 17.4 Å². The highest BCUT2D eigenvalue weighted by molar-refractivity contribution is 6.74. The Hall–Kier alpha value is -1.27. The third-order valence-electron chi connectivity index (χ3n) is 13.1. The highest BCUT2D eigenvalue weighted by atomic mass is 28.4. The molecular weight excluding hydrogens is 664 g/mol. The maximum Gasteiger partial charge on any atom is 0.508 e. The van der Waals surface area contributed by atoms with E-state index in [-0.39, 0.29) is 40.2 Å². The largest absolute Gasteiger partial charge is 0.508 e. The summed E-state index contributed by atoms with van der Waals surface area (Å²) in [5, 5.41) is 11.1. The van der Waals surface area contributed by atoms with Crippen molar-refractivity contribution in [2.24, 2.45) is 17.3 Å². The number of ether oxygens (including phenoxy) is 2. The van der Waals surface area contributed by atoms with Crippen molar-refractivity contribution < 1.29 is 32.6 Å². The molecule has 0 aromatic rings. The molecule has 0 bridgehead atoms. The van der Waals surface area contributed by atoms with Crippen LogP contribution >= 0.6 is 0 Å². The minimum atomic E-state index is -1.96. The molecule has 9 heteroatoms. The van der Waals surface area contributed by atoms with Crippen LogP contribution in [0.4, 0.5) is 9.18 Å². The van der Waals surface area contributed by atoms with Crippen LogP contribution in [-0.4, -0.2) is 64.1 Å². The van der Waals surface area contributed by atoms with Crippen molar-refractivity contribution in [1.82, 2.24) is 0 Å². The van der Waals surface area contributed by atoms with Crippen LogP contribution in [-0.2, 0) is 18.3 Å². The van der Waals surface area contributed by atoms with Crippen LogP contribution in [0.3, 0.4) is 0 Å². The van der Waals surface area contributed by atoms with Crippen molar-refractivity contribution in [3.05, 3.63) is 35.5 Å². The van der Waals surface area contributed by atoms with Crippen LogP contribution in [0.25, 0.3) is 0 Å². The quantitative estimate of drug-likeness (QED) is 0.129. The van der Waals surface area contributed by atoms with Crippen LogP contribution in [0, 0.1) is 17.3 Å². The van der Waals surface area contributed by atoms with Gasteiger partial charge in [0, 0.05) is 5.92 Å². The predicted octanol–water partition coefficient (Wildman–Crippen LogP) is 11.6. The highest BCUT2D eigenvalue weighted by Crippen LogP contribution is 2.61. The molecule has 50 heavy (non-hydrogen) atoms. The summed E-state index contributed by atoms with van der Waals surface area (Å²) in [6, 6.07) is 0. The van der Waals surface area contributed by atoms with E-state index < -0.39 is 40.2 Å². The molecule has 0 saturated heterocycles. The van der Waals surface area contributed by atoms with E-state index in [1.54, 1.807) is 27.7 Å². The topological polar surface area (TPSA) is 74.2 Å². The van der Waals surface area contributed by atoms with Gasteiger partial charge >= 0.3 is 6.16 Å². The Kier molecular flexibility index (Phi) is 13.5. The molecule has 0 aliphatic heterocycles. The number of alkyl halides is 1. The van der Waals surface area contributed by atoms with Gasteiger partial charge in [-0.05, 0) is 133 Å². The van der Waals surface area contributed by atoms with Crippen molar-refractivity contribution in [1.29, 1.82) is 0 Å². The van der Waals surface area contributed by atoms with Gasteiger partial charge in [0.05, 0.1) is 18.8 Å². The van der Waals surface area contributed by atoms with Gasteiger partial charge in [0.2, 0.25) is 0 Å². The summed E-state index contributed by atoms with van der Waals surface area (Å²) in [4.78, 5) is 11.9. The Labute approximate surface area is 307 Å². The number of carbonyl (C=O) groups is 1. The number of aliphatic hydroxyl groups excluding tert-OH is 1. The molecule has 7 atom stereocenters. The van der Waals surface area contributed by atoms with Gasteiger partial charge in [-0.15, -0.1) is 0 Å². The van der Waals surface area contributed by atoms with E-state index in [4.69, 9.17) is 18.3 Å². The standard InChI is InChI=1S/C41H73FO6Si2/c1-16-45-36(44)46-39(8,9)35(43)23-25-41(11,42)34-22-21-33-30(18-17-24-40(33,34)10)20-19-29-26-31(47-49(12,13)37(2,3)4)28-32(27-29)48-50(14,15)38(5,6)7/h19-20,23,25,31-35,43H,16-18,21-22,24,26-28H2,1-15H3/t31-,32-,33+,34+,35?,40+,41+/m1/s1. The molecule has 1 unspecified atom stereocenters. The molecular formula is C41H73FO6Si2. The molecule has 0 aromatic heterocycles. The Morgan fingerprint density at radius 3 is 1.98 bits per heavy atom. The lowest BCUT2D eigenvalue weighted by Crippen LogP contribution is -2.48. The third-order valence-corrected chi connectivity index (χ3v) is 22.2. The lowest BCUT2D eigenvalue weighted by atomic mass is 9.60. The second-order valence-electron chi connectivity index (χ2n) is 19.6. The lowest BCUT2D eigenvalue weighted by molar-refractivity contribution is -0.0661. The summed E-state index contributed by atoms with van der Waals surface area (Å²) < 4.78 is 41.0. The minimum Gasteiger partial charge on any atom is -0.435 e.